The largest absolute Gasteiger partial charge is 0.481 e. The first-order valence-corrected chi connectivity index (χ1v) is 38.9. The lowest BCUT2D eigenvalue weighted by Crippen LogP contribution is -2.08. The first-order valence-electron chi connectivity index (χ1n) is 59.9. The normalized spacial score (nSPS) is 16.5. The predicted molar refractivity (Wildman–Crippen MR) is 513 cm³/mol. The highest BCUT2D eigenvalue weighted by molar-refractivity contribution is 6.01. The monoisotopic (exact) mass is 1820 g/mol. The zero-order valence-electron chi connectivity index (χ0n) is 114. The second-order valence-corrected chi connectivity index (χ2v) is 29.8. The van der Waals surface area contributed by atoms with Crippen molar-refractivity contribution in [3.05, 3.63) is 340 Å². The summed E-state index contributed by atoms with van der Waals surface area (Å²) >= 11 is 0. The van der Waals surface area contributed by atoms with Crippen LogP contribution in [0.15, 0.2) is 200 Å². The van der Waals surface area contributed by atoms with Crippen LogP contribution in [0.1, 0.15) is 191 Å². The van der Waals surface area contributed by atoms with Crippen LogP contribution in [0.5, 0.6) is 0 Å². The van der Waals surface area contributed by atoms with Gasteiger partial charge in [0, 0.05) is 58.1 Å². The Morgan fingerprint density at radius 1 is 0.212 bits per heavy atom. The Hall–Kier alpha value is -15.7. The summed E-state index contributed by atoms with van der Waals surface area (Å²) in [5, 5.41) is 50.4. The number of hydrogen-bond donors (Lipinski definition) is 6. The van der Waals surface area contributed by atoms with E-state index in [4.69, 9.17) is 84.1 Å². The molecule has 6 heterocycles. The minimum atomic E-state index is -3.14. The van der Waals surface area contributed by atoms with Crippen molar-refractivity contribution in [1.82, 2.24) is 0 Å². The highest BCUT2D eigenvalue weighted by Gasteiger charge is 2.25. The summed E-state index contributed by atoms with van der Waals surface area (Å²) in [6, 6.07) is -11.3. The lowest BCUT2D eigenvalue weighted by atomic mass is 9.99. The fourth-order valence-corrected chi connectivity index (χ4v) is 13.6. The van der Waals surface area contributed by atoms with Crippen molar-refractivity contribution in [2.45, 2.75) is 163 Å². The first-order chi connectivity index (χ1) is 79.6. The Morgan fingerprint density at radius 3 is 0.508 bits per heavy atom. The van der Waals surface area contributed by atoms with E-state index in [1.165, 1.54) is 69.2 Å². The molecule has 12 aromatic carbocycles. The van der Waals surface area contributed by atoms with Gasteiger partial charge in [0.05, 0.1) is 136 Å². The van der Waals surface area contributed by atoms with Gasteiger partial charge in [-0.3, -0.25) is 57.5 Å². The van der Waals surface area contributed by atoms with Crippen LogP contribution in [0.3, 0.4) is 0 Å². The Morgan fingerprint density at radius 2 is 0.348 bits per heavy atom. The summed E-state index contributed by atoms with van der Waals surface area (Å²) in [5.41, 5.74) is -12.4. The molecule has 0 saturated heterocycles. The Balaban J connectivity index is 0.000000171. The smallest absolute Gasteiger partial charge is 0.307 e. The van der Waals surface area contributed by atoms with E-state index >= 15 is 0 Å². The maximum atomic E-state index is 13.3. The van der Waals surface area contributed by atoms with Gasteiger partial charge < -0.3 is 57.1 Å². The molecule has 0 atom stereocenters. The maximum Gasteiger partial charge on any atom is 0.307 e. The van der Waals surface area contributed by atoms with Crippen molar-refractivity contribution >= 4 is 167 Å². The van der Waals surface area contributed by atoms with Crippen LogP contribution < -0.4 is 32.6 Å². The van der Waals surface area contributed by atoms with Gasteiger partial charge in [0.15, 0.2) is 0 Å². The van der Waals surface area contributed by atoms with Crippen LogP contribution in [0, 0.1) is 124 Å². The van der Waals surface area contributed by atoms with E-state index in [0.717, 1.165) is 0 Å². The number of aliphatic carboxylic acids is 6. The molecular formula is C108H96O24. The van der Waals surface area contributed by atoms with Gasteiger partial charge in [0.2, 0.25) is 32.6 Å². The quantitative estimate of drug-likeness (QED) is 0.0619. The number of benzene rings is 12. The van der Waals surface area contributed by atoms with E-state index < -0.39 is 363 Å². The molecular weight excluding hydrogens is 1680 g/mol. The van der Waals surface area contributed by atoms with Crippen molar-refractivity contribution < 1.29 is 143 Å². The summed E-state index contributed by atoms with van der Waals surface area (Å²) in [6.45, 7) is 8.38. The summed E-state index contributed by atoms with van der Waals surface area (Å²) in [5.74, 6) is -9.37. The van der Waals surface area contributed by atoms with Gasteiger partial charge in [-0.25, -0.2) is 0 Å². The van der Waals surface area contributed by atoms with Gasteiger partial charge in [-0.1, -0.05) is 72.5 Å². The van der Waals surface area contributed by atoms with Crippen LogP contribution in [-0.4, -0.2) is 66.5 Å². The molecule has 0 saturated carbocycles. The molecule has 18 aromatic rings. The summed E-state index contributed by atoms with van der Waals surface area (Å²) in [4.78, 5) is 148. The molecule has 0 aliphatic heterocycles. The van der Waals surface area contributed by atoms with Crippen LogP contribution in [-0.2, 0) is 67.1 Å². The minimum Gasteiger partial charge on any atom is -0.481 e. The Kier molecular flexibility index (Phi) is 15.2. The third-order valence-electron chi connectivity index (χ3n) is 21.1. The third-order valence-corrected chi connectivity index (χ3v) is 21.1. The average Bonchev–Trinajstić information content (AvgIpc) is 0.706. The predicted octanol–water partition coefficient (Wildman–Crippen LogP) is 21.0. The zero-order chi connectivity index (χ0) is 132. The number of rotatable bonds is 12. The molecule has 132 heavy (non-hydrogen) atoms. The average molecular weight is 1820 g/mol. The molecule has 0 aliphatic rings. The van der Waals surface area contributed by atoms with E-state index in [1.807, 2.05) is 0 Å². The molecule has 0 fully saturated rings. The highest BCUT2D eigenvalue weighted by Crippen LogP contribution is 2.36. The molecule has 0 amide bonds. The molecule has 0 radical (unpaired) electrons. The van der Waals surface area contributed by atoms with Gasteiger partial charge in [0.1, 0.15) is 67.0 Å². The Bertz CT molecular complexity index is 10400. The summed E-state index contributed by atoms with van der Waals surface area (Å²) < 4.78 is 370. The van der Waals surface area contributed by atoms with Crippen molar-refractivity contribution in [1.29, 1.82) is 0 Å². The number of carbonyl (C=O) groups is 6. The number of aryl methyl sites for hydroxylation is 6. The zero-order valence-corrected chi connectivity index (χ0v) is 71.7. The molecule has 24 heteroatoms. The van der Waals surface area contributed by atoms with Gasteiger partial charge in [-0.05, 0) is 297 Å². The standard InChI is InChI=1S/6C18H16O4/c6*1-9-4-6-12-16(21)13-7-5-10(2)14(8-15(19)20)18(13)22-17(12)11(9)3/h6*4-7H,8H2,1-3H3,(H,19,20)/i2*3D3,4D,5D,6D,7D,8D2;4D,5D,6D,7D,8D2;2*3D3,4D,5D,6D,7D;4D,5D,6D,7D. The van der Waals surface area contributed by atoms with E-state index in [1.54, 1.807) is 27.7 Å². The molecule has 672 valence electrons. The molecule has 18 rings (SSSR count). The van der Waals surface area contributed by atoms with Crippen molar-refractivity contribution in [2.24, 2.45) is 0 Å². The molecule has 0 unspecified atom stereocenters. The molecule has 0 aliphatic carbocycles. The van der Waals surface area contributed by atoms with E-state index in [-0.39, 0.29) is 159 Å². The fraction of sp³-hybridized carbons (Fsp3) is 0.222. The van der Waals surface area contributed by atoms with Crippen molar-refractivity contribution in [2.75, 3.05) is 0 Å². The summed E-state index contributed by atoms with van der Waals surface area (Å²) in [6.07, 6.45) is -10.9. The number of fused-ring (bicyclic) bond motifs is 12. The molecule has 24 nitrogen and oxygen atoms in total. The molecule has 6 N–H and O–H groups in total. The molecule has 0 spiro atoms. The second-order valence-electron chi connectivity index (χ2n) is 29.8. The van der Waals surface area contributed by atoms with E-state index in [9.17, 15) is 88.2 Å². The number of carboxylic acids is 6. The minimum absolute atomic E-state index is 0.0110. The van der Waals surface area contributed by atoms with Gasteiger partial charge in [-0.2, -0.15) is 0 Å². The van der Waals surface area contributed by atoms with Crippen LogP contribution in [0.4, 0.5) is 0 Å². The van der Waals surface area contributed by atoms with E-state index in [0.29, 0.717) is 22.3 Å². The highest BCUT2D eigenvalue weighted by atomic mass is 16.4. The van der Waals surface area contributed by atoms with Crippen LogP contribution in [0.2, 0.25) is 0 Å². The van der Waals surface area contributed by atoms with Crippen molar-refractivity contribution in [3.8, 4) is 0 Å². The third kappa shape index (κ3) is 18.1. The van der Waals surface area contributed by atoms with Gasteiger partial charge in [0.25, 0.3) is 0 Å². The fourth-order valence-electron chi connectivity index (χ4n) is 13.6. The lowest BCUT2D eigenvalue weighted by Gasteiger charge is -2.10. The van der Waals surface area contributed by atoms with Gasteiger partial charge >= 0.3 is 35.8 Å². The first kappa shape index (κ1) is 53.3. The van der Waals surface area contributed by atoms with Crippen LogP contribution >= 0.6 is 0 Å². The maximum absolute atomic E-state index is 13.3. The van der Waals surface area contributed by atoms with Crippen molar-refractivity contribution in [3.63, 3.8) is 0 Å². The SMILES string of the molecule is [2H]c1c(C)c(C([2H])([2H])[2H])c2oc3c(C([2H])([2H])C(=O)O)c(C)c([2H])c([2H])c3c(=O)c2c1[2H].[2H]c1c(C)c(C([2H])([2H])[2H])c2oc3c(C([2H])([2H])C(=O)O)c(C)c([2H])c([2H])c3c(=O)c2c1[2H].[2H]c1c(C)c(C)c2oc3c(C([2H])([2H])C(=O)O)c(C)c([2H])c([2H])c3c(=O)c2c1[2H].[2H]c1c(C)c(C)c2oc3c(CC(=O)O)c(C)c([2H])c([2H])c3c(=O)c2c1[2H].[2H]c1c(C)c(CC(=O)O)c2oc3c(C([2H])([2H])[2H])c(C)c([2H])c([2H])c3c(=O)c2c1[2H].[2H]c1c(C)c(CC(=O)O)c2oc3c(C([2H])([2H])[2H])c(C)c([2H])c([2H])c3c(=O)c2c1[2H]. The number of hydrogen-bond acceptors (Lipinski definition) is 18. The second kappa shape index (κ2) is 37.5. The van der Waals surface area contributed by atoms with E-state index in [2.05, 4.69) is 0 Å². The molecule has 6 aromatic heterocycles. The van der Waals surface area contributed by atoms with Crippen LogP contribution in [0.25, 0.3) is 132 Å². The number of carboxylic acid groups (broad SMARTS) is 6. The Labute approximate surface area is 811 Å². The summed E-state index contributed by atoms with van der Waals surface area (Å²) in [7, 11) is 0. The topological polar surface area (TPSA) is 405 Å². The molecule has 0 bridgehead atoms. The lowest BCUT2D eigenvalue weighted by molar-refractivity contribution is -0.137. The van der Waals surface area contributed by atoms with Gasteiger partial charge in [-0.15, -0.1) is 0 Å².